The number of aliphatic hydroxyl groups is 1. The number of amides is 2. The van der Waals surface area contributed by atoms with Crippen molar-refractivity contribution in [2.45, 2.75) is 62.4 Å². The molecule has 63 heavy (non-hydrogen) atoms. The van der Waals surface area contributed by atoms with Crippen molar-refractivity contribution >= 4 is 73.8 Å². The molecular formula is C45H51ClF2N10O5. The SMILES string of the molecule is Cn1nc(C2CCC(=O)NC2=O)c2cccc(N3CCC(CN4CCN(c5cc(Nc6ccc7c(c6)c6c(c(=O)n7C)OCC(F)(F)[C@H](C7CC7)N6)c(Cl)cn5)C[C@H]4CO)CC3)c21. The van der Waals surface area contributed by atoms with Crippen LogP contribution in [0, 0.1) is 11.8 Å². The van der Waals surface area contributed by atoms with Crippen LogP contribution in [-0.2, 0) is 23.7 Å². The van der Waals surface area contributed by atoms with Gasteiger partial charge in [-0.1, -0.05) is 23.7 Å². The number of pyridine rings is 2. The van der Waals surface area contributed by atoms with Crippen LogP contribution in [0.15, 0.2) is 53.5 Å². The molecule has 7 heterocycles. The molecule has 3 aromatic heterocycles. The molecule has 0 radical (unpaired) electrons. The molecule has 10 rings (SSSR count). The van der Waals surface area contributed by atoms with Crippen molar-refractivity contribution in [1.82, 2.24) is 29.5 Å². The first-order valence-corrected chi connectivity index (χ1v) is 22.2. The topological polar surface area (TPSA) is 162 Å². The van der Waals surface area contributed by atoms with E-state index in [4.69, 9.17) is 21.4 Å². The van der Waals surface area contributed by atoms with Crippen LogP contribution in [0.4, 0.5) is 37.3 Å². The number of piperazine rings is 1. The third kappa shape index (κ3) is 7.71. The van der Waals surface area contributed by atoms with Gasteiger partial charge in [0, 0.05) is 82.3 Å². The van der Waals surface area contributed by atoms with Crippen molar-refractivity contribution in [2.75, 3.05) is 72.9 Å². The molecule has 5 aliphatic rings. The summed E-state index contributed by atoms with van der Waals surface area (Å²) in [6, 6.07) is 12.2. The number of hydrogen-bond donors (Lipinski definition) is 4. The standard InChI is InChI=1S/C45H51ClF2N10O5/c1-54-34-10-8-27(18-31(34)39-41(44(54)62)63-24-45(47,48)42(52-39)26-6-7-26)50-33-19-36(49-20-32(33)46)58-17-16-57(28(22-58)23-59)21-25-12-14-56(15-13-25)35-5-3-4-29-38(53-55(2)40(29)35)30-9-11-37(60)51-43(30)61/h3-5,8,10,18-20,25-26,28,30,42,52,59H,6-7,9,11-17,21-24H2,1-2H3,(H,49,50)(H,51,60,61)/t28-,30?,42-/m0/s1. The summed E-state index contributed by atoms with van der Waals surface area (Å²) >= 11 is 6.71. The minimum atomic E-state index is -3.14. The van der Waals surface area contributed by atoms with Crippen LogP contribution in [0.2, 0.25) is 5.02 Å². The van der Waals surface area contributed by atoms with Crippen LogP contribution >= 0.6 is 11.6 Å². The summed E-state index contributed by atoms with van der Waals surface area (Å²) in [5.41, 5.74) is 4.41. The summed E-state index contributed by atoms with van der Waals surface area (Å²) in [5.74, 6) is -3.27. The Morgan fingerprint density at radius 2 is 1.79 bits per heavy atom. The Morgan fingerprint density at radius 3 is 2.56 bits per heavy atom. The predicted molar refractivity (Wildman–Crippen MR) is 238 cm³/mol. The zero-order valence-corrected chi connectivity index (χ0v) is 36.0. The molecule has 2 amide bonds. The number of alkyl halides is 2. The Bertz CT molecular complexity index is 2680. The zero-order chi connectivity index (χ0) is 43.7. The van der Waals surface area contributed by atoms with Crippen LogP contribution in [0.5, 0.6) is 5.75 Å². The maximum Gasteiger partial charge on any atom is 0.301 e. The molecule has 4 fully saturated rings. The number of nitrogens with zero attached hydrogens (tertiary/aromatic N) is 7. The molecule has 332 valence electrons. The second-order valence-electron chi connectivity index (χ2n) is 17.9. The molecule has 3 atom stereocenters. The highest BCUT2D eigenvalue weighted by molar-refractivity contribution is 6.33. The Hall–Kier alpha value is -5.52. The van der Waals surface area contributed by atoms with Crippen LogP contribution in [0.3, 0.4) is 0 Å². The predicted octanol–water partition coefficient (Wildman–Crippen LogP) is 5.36. The van der Waals surface area contributed by atoms with Crippen molar-refractivity contribution in [3.63, 3.8) is 0 Å². The molecule has 1 saturated carbocycles. The van der Waals surface area contributed by atoms with E-state index < -0.39 is 30.0 Å². The summed E-state index contributed by atoms with van der Waals surface area (Å²) < 4.78 is 39.2. The number of benzene rings is 2. The van der Waals surface area contributed by atoms with Crippen LogP contribution < -0.4 is 36.0 Å². The van der Waals surface area contributed by atoms with Gasteiger partial charge in [0.15, 0.2) is 6.61 Å². The van der Waals surface area contributed by atoms with Gasteiger partial charge >= 0.3 is 5.92 Å². The number of imide groups is 1. The van der Waals surface area contributed by atoms with Gasteiger partial charge in [-0.05, 0) is 68.2 Å². The van der Waals surface area contributed by atoms with E-state index in [1.54, 1.807) is 19.3 Å². The summed E-state index contributed by atoms with van der Waals surface area (Å²) in [7, 11) is 3.51. The quantitative estimate of drug-likeness (QED) is 0.141. The van der Waals surface area contributed by atoms with Crippen molar-refractivity contribution in [3.05, 3.63) is 69.7 Å². The molecule has 0 bridgehead atoms. The molecule has 1 aliphatic carbocycles. The highest BCUT2D eigenvalue weighted by Gasteiger charge is 2.51. The van der Waals surface area contributed by atoms with Gasteiger partial charge in [-0.15, -0.1) is 0 Å². The normalized spacial score (nSPS) is 23.3. The van der Waals surface area contributed by atoms with Crippen molar-refractivity contribution in [1.29, 1.82) is 0 Å². The first-order chi connectivity index (χ1) is 30.4. The van der Waals surface area contributed by atoms with E-state index in [-0.39, 0.29) is 41.8 Å². The highest BCUT2D eigenvalue weighted by Crippen LogP contribution is 2.46. The fourth-order valence-electron chi connectivity index (χ4n) is 10.2. The monoisotopic (exact) mass is 884 g/mol. The van der Waals surface area contributed by atoms with Gasteiger partial charge in [0.1, 0.15) is 5.82 Å². The second-order valence-corrected chi connectivity index (χ2v) is 18.3. The van der Waals surface area contributed by atoms with E-state index in [9.17, 15) is 19.5 Å². The molecule has 0 spiro atoms. The second kappa shape index (κ2) is 16.2. The first kappa shape index (κ1) is 41.5. The lowest BCUT2D eigenvalue weighted by Crippen LogP contribution is -2.56. The zero-order valence-electron chi connectivity index (χ0n) is 35.2. The van der Waals surface area contributed by atoms with Crippen LogP contribution in [-0.4, -0.2) is 112 Å². The Morgan fingerprint density at radius 1 is 0.984 bits per heavy atom. The summed E-state index contributed by atoms with van der Waals surface area (Å²) in [5, 5.41) is 26.2. The minimum Gasteiger partial charge on any atom is -0.480 e. The number of nitrogens with one attached hydrogen (secondary N) is 3. The number of anilines is 5. The van der Waals surface area contributed by atoms with Gasteiger partial charge in [0.05, 0.1) is 69.6 Å². The molecule has 5 aromatic rings. The van der Waals surface area contributed by atoms with Gasteiger partial charge in [-0.3, -0.25) is 29.3 Å². The van der Waals surface area contributed by atoms with Gasteiger partial charge in [-0.25, -0.2) is 13.8 Å². The van der Waals surface area contributed by atoms with E-state index in [1.807, 2.05) is 42.1 Å². The summed E-state index contributed by atoms with van der Waals surface area (Å²) in [6.45, 7) is 3.79. The van der Waals surface area contributed by atoms with Gasteiger partial charge in [-0.2, -0.15) is 5.10 Å². The van der Waals surface area contributed by atoms with Gasteiger partial charge in [0.25, 0.3) is 5.56 Å². The van der Waals surface area contributed by atoms with E-state index >= 15 is 8.78 Å². The Kier molecular flexibility index (Phi) is 10.7. The number of para-hydroxylation sites is 1. The number of piperidine rings is 2. The number of aromatic nitrogens is 4. The fraction of sp³-hybridized carbons (Fsp3) is 0.489. The molecule has 4 N–H and O–H groups in total. The van der Waals surface area contributed by atoms with E-state index in [1.165, 1.54) is 4.57 Å². The van der Waals surface area contributed by atoms with Crippen LogP contribution in [0.1, 0.15) is 50.1 Å². The van der Waals surface area contributed by atoms with E-state index in [0.29, 0.717) is 83.5 Å². The van der Waals surface area contributed by atoms with Crippen molar-refractivity contribution in [2.24, 2.45) is 25.9 Å². The smallest absolute Gasteiger partial charge is 0.301 e. The average Bonchev–Trinajstić information content (AvgIpc) is 4.08. The van der Waals surface area contributed by atoms with E-state index in [0.717, 1.165) is 55.6 Å². The molecular weight excluding hydrogens is 834 g/mol. The lowest BCUT2D eigenvalue weighted by molar-refractivity contribution is -0.134. The maximum atomic E-state index is 15.2. The molecule has 1 unspecified atom stereocenters. The number of aliphatic hydroxyl groups excluding tert-OH is 1. The van der Waals surface area contributed by atoms with Crippen LogP contribution in [0.25, 0.3) is 21.8 Å². The number of aryl methyl sites for hydroxylation is 2. The van der Waals surface area contributed by atoms with E-state index in [2.05, 4.69) is 41.7 Å². The first-order valence-electron chi connectivity index (χ1n) is 21.9. The summed E-state index contributed by atoms with van der Waals surface area (Å²) in [6.07, 6.45) is 5.73. The van der Waals surface area contributed by atoms with Crippen molar-refractivity contribution in [3.8, 4) is 5.75 Å². The third-order valence-corrected chi connectivity index (χ3v) is 14.1. The molecule has 18 heteroatoms. The van der Waals surface area contributed by atoms with Gasteiger partial charge < -0.3 is 34.8 Å². The fourth-order valence-corrected chi connectivity index (χ4v) is 10.3. The van der Waals surface area contributed by atoms with Gasteiger partial charge in [0.2, 0.25) is 17.6 Å². The number of rotatable bonds is 9. The number of ether oxygens (including phenoxy) is 1. The lowest BCUT2D eigenvalue weighted by Gasteiger charge is -2.44. The molecule has 15 nitrogen and oxygen atoms in total. The molecule has 2 aromatic carbocycles. The average molecular weight is 885 g/mol. The number of carbonyl (C=O) groups is 2. The number of carbonyl (C=O) groups excluding carboxylic acids is 2. The number of fused-ring (bicyclic) bond motifs is 4. The van der Waals surface area contributed by atoms with Crippen molar-refractivity contribution < 1.29 is 28.2 Å². The maximum absolute atomic E-state index is 15.2. The summed E-state index contributed by atoms with van der Waals surface area (Å²) in [4.78, 5) is 49.5. The lowest BCUT2D eigenvalue weighted by atomic mass is 9.92. The minimum absolute atomic E-state index is 0.00123. The third-order valence-electron chi connectivity index (χ3n) is 13.8. The molecule has 3 saturated heterocycles. The molecule has 4 aliphatic heterocycles. The number of halogens is 3. The number of hydrogen-bond acceptors (Lipinski definition) is 12. The Labute approximate surface area is 367 Å². The highest BCUT2D eigenvalue weighted by atomic mass is 35.5. The largest absolute Gasteiger partial charge is 0.480 e. The Balaban J connectivity index is 0.802.